The molecule has 0 saturated heterocycles. The summed E-state index contributed by atoms with van der Waals surface area (Å²) in [6, 6.07) is 3.02. The first-order chi connectivity index (χ1) is 7.99. The summed E-state index contributed by atoms with van der Waals surface area (Å²) in [7, 11) is 2.92. The van der Waals surface area contributed by atoms with Crippen LogP contribution >= 0.6 is 15.9 Å². The number of aliphatic carboxylic acids is 1. The molecule has 0 radical (unpaired) electrons. The van der Waals surface area contributed by atoms with Crippen LogP contribution in [0.1, 0.15) is 16.8 Å². The summed E-state index contributed by atoms with van der Waals surface area (Å²) in [6.07, 6.45) is -0.561. The number of hydrogen-bond donors (Lipinski definition) is 1. The Balaban J connectivity index is 3.16. The quantitative estimate of drug-likeness (QED) is 0.666. The third-order valence-electron chi connectivity index (χ3n) is 2.09. The van der Waals surface area contributed by atoms with Crippen molar-refractivity contribution in [3.8, 4) is 11.5 Å². The molecule has 1 aromatic rings. The Morgan fingerprint density at radius 3 is 2.24 bits per heavy atom. The Labute approximate surface area is 106 Å². The van der Waals surface area contributed by atoms with E-state index in [1.165, 1.54) is 20.3 Å². The number of carbonyl (C=O) groups is 2. The molecular formula is C11H11BrO5. The highest BCUT2D eigenvalue weighted by molar-refractivity contribution is 9.10. The molecule has 0 heterocycles. The smallest absolute Gasteiger partial charge is 0.311 e. The molecule has 0 fully saturated rings. The van der Waals surface area contributed by atoms with Crippen molar-refractivity contribution < 1.29 is 24.2 Å². The standard InChI is InChI=1S/C11H11BrO5/c1-16-9-3-6(8(13)5-11(14)15)7(12)4-10(9)17-2/h3-4H,5H2,1-2H3,(H,14,15). The van der Waals surface area contributed by atoms with Gasteiger partial charge in [-0.1, -0.05) is 0 Å². The fourth-order valence-electron chi connectivity index (χ4n) is 1.30. The van der Waals surface area contributed by atoms with Gasteiger partial charge < -0.3 is 14.6 Å². The van der Waals surface area contributed by atoms with Crippen molar-refractivity contribution in [2.75, 3.05) is 14.2 Å². The molecule has 1 aromatic carbocycles. The fraction of sp³-hybridized carbons (Fsp3) is 0.273. The zero-order valence-electron chi connectivity index (χ0n) is 9.32. The van der Waals surface area contributed by atoms with Crippen molar-refractivity contribution in [2.45, 2.75) is 6.42 Å². The minimum atomic E-state index is -1.17. The summed E-state index contributed by atoms with van der Waals surface area (Å²) < 4.78 is 10.6. The number of rotatable bonds is 5. The lowest BCUT2D eigenvalue weighted by Crippen LogP contribution is -2.08. The van der Waals surface area contributed by atoms with E-state index >= 15 is 0 Å². The second-order valence-electron chi connectivity index (χ2n) is 3.18. The third-order valence-corrected chi connectivity index (χ3v) is 2.74. The molecule has 5 nitrogen and oxygen atoms in total. The molecule has 0 saturated carbocycles. The van der Waals surface area contributed by atoms with Crippen LogP contribution in [-0.4, -0.2) is 31.1 Å². The van der Waals surface area contributed by atoms with Gasteiger partial charge in [0, 0.05) is 10.0 Å². The first kappa shape index (κ1) is 13.5. The van der Waals surface area contributed by atoms with Crippen LogP contribution < -0.4 is 9.47 Å². The van der Waals surface area contributed by atoms with Crippen molar-refractivity contribution in [3.63, 3.8) is 0 Å². The van der Waals surface area contributed by atoms with Crippen LogP contribution in [0.25, 0.3) is 0 Å². The van der Waals surface area contributed by atoms with Crippen molar-refractivity contribution >= 4 is 27.7 Å². The minimum absolute atomic E-state index is 0.255. The van der Waals surface area contributed by atoms with Crippen LogP contribution in [0.3, 0.4) is 0 Å². The molecule has 92 valence electrons. The maximum Gasteiger partial charge on any atom is 0.311 e. The van der Waals surface area contributed by atoms with Gasteiger partial charge in [0.1, 0.15) is 6.42 Å². The van der Waals surface area contributed by atoms with Crippen LogP contribution in [0.4, 0.5) is 0 Å². The van der Waals surface area contributed by atoms with Gasteiger partial charge in [0.15, 0.2) is 17.3 Å². The minimum Gasteiger partial charge on any atom is -0.493 e. The summed E-state index contributed by atoms with van der Waals surface area (Å²) in [5.74, 6) is -0.822. The molecule has 0 bridgehead atoms. The SMILES string of the molecule is COc1cc(Br)c(C(=O)CC(=O)O)cc1OC. The number of carboxylic acids is 1. The molecule has 0 spiro atoms. The first-order valence-electron chi connectivity index (χ1n) is 4.66. The largest absolute Gasteiger partial charge is 0.493 e. The van der Waals surface area contributed by atoms with Crippen molar-refractivity contribution in [1.82, 2.24) is 0 Å². The zero-order valence-corrected chi connectivity index (χ0v) is 10.9. The number of hydrogen-bond acceptors (Lipinski definition) is 4. The normalized spacial score (nSPS) is 9.82. The zero-order chi connectivity index (χ0) is 13.0. The van der Waals surface area contributed by atoms with Crippen molar-refractivity contribution in [3.05, 3.63) is 22.2 Å². The molecule has 0 unspecified atom stereocenters. The highest BCUT2D eigenvalue weighted by Gasteiger charge is 2.17. The molecule has 1 N–H and O–H groups in total. The Morgan fingerprint density at radius 2 is 1.76 bits per heavy atom. The number of benzene rings is 1. The van der Waals surface area contributed by atoms with E-state index in [-0.39, 0.29) is 5.56 Å². The van der Waals surface area contributed by atoms with E-state index in [2.05, 4.69) is 15.9 Å². The monoisotopic (exact) mass is 302 g/mol. The van der Waals surface area contributed by atoms with Crippen molar-refractivity contribution in [1.29, 1.82) is 0 Å². The topological polar surface area (TPSA) is 72.8 Å². The summed E-state index contributed by atoms with van der Waals surface area (Å²) >= 11 is 3.19. The van der Waals surface area contributed by atoms with Crippen LogP contribution in [0.5, 0.6) is 11.5 Å². The van der Waals surface area contributed by atoms with E-state index in [9.17, 15) is 9.59 Å². The molecule has 17 heavy (non-hydrogen) atoms. The van der Waals surface area contributed by atoms with Gasteiger partial charge in [-0.05, 0) is 28.1 Å². The van der Waals surface area contributed by atoms with Crippen LogP contribution in [0, 0.1) is 0 Å². The molecule has 6 heteroatoms. The molecule has 0 aliphatic carbocycles. The lowest BCUT2D eigenvalue weighted by Gasteiger charge is -2.10. The van der Waals surface area contributed by atoms with Crippen LogP contribution in [-0.2, 0) is 4.79 Å². The second kappa shape index (κ2) is 5.67. The van der Waals surface area contributed by atoms with Crippen LogP contribution in [0.2, 0.25) is 0 Å². The van der Waals surface area contributed by atoms with E-state index in [1.54, 1.807) is 6.07 Å². The third kappa shape index (κ3) is 3.20. The number of Topliss-reactive ketones (excluding diaryl/α,β-unsaturated/α-hetero) is 1. The Kier molecular flexibility index (Phi) is 4.51. The number of ketones is 1. The van der Waals surface area contributed by atoms with Gasteiger partial charge in [0.25, 0.3) is 0 Å². The van der Waals surface area contributed by atoms with Gasteiger partial charge >= 0.3 is 5.97 Å². The summed E-state index contributed by atoms with van der Waals surface area (Å²) in [6.45, 7) is 0. The number of halogens is 1. The van der Waals surface area contributed by atoms with Crippen molar-refractivity contribution in [2.24, 2.45) is 0 Å². The first-order valence-corrected chi connectivity index (χ1v) is 5.45. The number of carboxylic acid groups (broad SMARTS) is 1. The molecule has 0 aromatic heterocycles. The molecule has 0 aliphatic rings. The fourth-order valence-corrected chi connectivity index (χ4v) is 1.84. The Hall–Kier alpha value is -1.56. The Morgan fingerprint density at radius 1 is 1.24 bits per heavy atom. The maximum atomic E-state index is 11.6. The van der Waals surface area contributed by atoms with Gasteiger partial charge in [-0.15, -0.1) is 0 Å². The number of methoxy groups -OCH3 is 2. The van der Waals surface area contributed by atoms with Gasteiger partial charge in [-0.2, -0.15) is 0 Å². The van der Waals surface area contributed by atoms with E-state index in [0.29, 0.717) is 16.0 Å². The van der Waals surface area contributed by atoms with Gasteiger partial charge in [-0.3, -0.25) is 9.59 Å². The van der Waals surface area contributed by atoms with E-state index in [4.69, 9.17) is 14.6 Å². The molecule has 0 aliphatic heterocycles. The van der Waals surface area contributed by atoms with Crippen LogP contribution in [0.15, 0.2) is 16.6 Å². The molecular weight excluding hydrogens is 292 g/mol. The van der Waals surface area contributed by atoms with E-state index < -0.39 is 18.2 Å². The maximum absolute atomic E-state index is 11.6. The van der Waals surface area contributed by atoms with Gasteiger partial charge in [0.2, 0.25) is 0 Å². The summed E-state index contributed by atoms with van der Waals surface area (Å²) in [5, 5.41) is 8.57. The number of ether oxygens (including phenoxy) is 2. The molecule has 1 rings (SSSR count). The highest BCUT2D eigenvalue weighted by atomic mass is 79.9. The van der Waals surface area contributed by atoms with Gasteiger partial charge in [0.05, 0.1) is 14.2 Å². The van der Waals surface area contributed by atoms with E-state index in [0.717, 1.165) is 0 Å². The average molecular weight is 303 g/mol. The lowest BCUT2D eigenvalue weighted by atomic mass is 10.1. The molecule has 0 amide bonds. The second-order valence-corrected chi connectivity index (χ2v) is 4.04. The van der Waals surface area contributed by atoms with Gasteiger partial charge in [-0.25, -0.2) is 0 Å². The van der Waals surface area contributed by atoms with E-state index in [1.807, 2.05) is 0 Å². The predicted molar refractivity (Wildman–Crippen MR) is 63.8 cm³/mol. The highest BCUT2D eigenvalue weighted by Crippen LogP contribution is 2.33. The molecule has 0 atom stereocenters. The predicted octanol–water partition coefficient (Wildman–Crippen LogP) is 2.12. The lowest BCUT2D eigenvalue weighted by molar-refractivity contribution is -0.135. The number of carbonyl (C=O) groups excluding carboxylic acids is 1. The Bertz CT molecular complexity index is 455. The summed E-state index contributed by atoms with van der Waals surface area (Å²) in [5.41, 5.74) is 0.255. The summed E-state index contributed by atoms with van der Waals surface area (Å²) in [4.78, 5) is 22.1. The average Bonchev–Trinajstić information content (AvgIpc) is 2.27.